The van der Waals surface area contributed by atoms with Crippen LogP contribution < -0.4 is 4.74 Å². The Morgan fingerprint density at radius 1 is 1.00 bits per heavy atom. The van der Waals surface area contributed by atoms with Gasteiger partial charge in [-0.1, -0.05) is 57.1 Å². The van der Waals surface area contributed by atoms with E-state index in [1.54, 1.807) is 11.3 Å². The average Bonchev–Trinajstić information content (AvgIpc) is 2.70. The van der Waals surface area contributed by atoms with Crippen LogP contribution in [-0.4, -0.2) is 0 Å². The SMILES string of the molecule is Clc1c(Oc2ccc(Br)cc2)sc2ccccc12. The summed E-state index contributed by atoms with van der Waals surface area (Å²) in [6, 6.07) is 15.7. The zero-order valence-electron chi connectivity index (χ0n) is 9.19. The van der Waals surface area contributed by atoms with E-state index in [4.69, 9.17) is 16.3 Å². The van der Waals surface area contributed by atoms with Crippen LogP contribution in [0.4, 0.5) is 0 Å². The summed E-state index contributed by atoms with van der Waals surface area (Å²) in [7, 11) is 0. The van der Waals surface area contributed by atoms with Crippen molar-refractivity contribution in [2.24, 2.45) is 0 Å². The van der Waals surface area contributed by atoms with Gasteiger partial charge in [-0.05, 0) is 30.3 Å². The van der Waals surface area contributed by atoms with E-state index in [9.17, 15) is 0 Å². The minimum absolute atomic E-state index is 0.679. The highest BCUT2D eigenvalue weighted by molar-refractivity contribution is 9.10. The van der Waals surface area contributed by atoms with Crippen LogP contribution in [0.1, 0.15) is 0 Å². The van der Waals surface area contributed by atoms with Crippen LogP contribution in [-0.2, 0) is 0 Å². The molecule has 4 heteroatoms. The zero-order valence-corrected chi connectivity index (χ0v) is 12.3. The molecule has 0 saturated heterocycles. The first-order valence-corrected chi connectivity index (χ1v) is 7.33. The van der Waals surface area contributed by atoms with E-state index in [2.05, 4.69) is 15.9 Å². The Balaban J connectivity index is 1.99. The third-order valence-corrected chi connectivity index (χ3v) is 4.59. The van der Waals surface area contributed by atoms with Crippen molar-refractivity contribution in [1.29, 1.82) is 0 Å². The molecule has 1 heterocycles. The number of ether oxygens (including phenoxy) is 1. The van der Waals surface area contributed by atoms with Gasteiger partial charge in [-0.3, -0.25) is 0 Å². The Morgan fingerprint density at radius 2 is 1.72 bits per heavy atom. The van der Waals surface area contributed by atoms with Crippen LogP contribution in [0.15, 0.2) is 53.0 Å². The van der Waals surface area contributed by atoms with E-state index in [-0.39, 0.29) is 0 Å². The monoisotopic (exact) mass is 338 g/mol. The van der Waals surface area contributed by atoms with Crippen molar-refractivity contribution in [2.75, 3.05) is 0 Å². The fraction of sp³-hybridized carbons (Fsp3) is 0. The van der Waals surface area contributed by atoms with Gasteiger partial charge < -0.3 is 4.74 Å². The molecular formula is C14H8BrClOS. The number of rotatable bonds is 2. The van der Waals surface area contributed by atoms with Crippen molar-refractivity contribution in [3.63, 3.8) is 0 Å². The molecule has 2 aromatic carbocycles. The van der Waals surface area contributed by atoms with E-state index < -0.39 is 0 Å². The summed E-state index contributed by atoms with van der Waals surface area (Å²) < 4.78 is 7.97. The van der Waals surface area contributed by atoms with E-state index in [1.165, 1.54) is 0 Å². The second-order valence-electron chi connectivity index (χ2n) is 3.76. The molecule has 0 aliphatic heterocycles. The zero-order chi connectivity index (χ0) is 12.5. The van der Waals surface area contributed by atoms with Gasteiger partial charge in [0.05, 0.1) is 0 Å². The van der Waals surface area contributed by atoms with Gasteiger partial charge in [0, 0.05) is 14.6 Å². The van der Waals surface area contributed by atoms with Crippen molar-refractivity contribution in [3.05, 3.63) is 58.0 Å². The first-order chi connectivity index (χ1) is 8.74. The van der Waals surface area contributed by atoms with Gasteiger partial charge >= 0.3 is 0 Å². The molecule has 3 rings (SSSR count). The van der Waals surface area contributed by atoms with E-state index in [0.29, 0.717) is 5.02 Å². The topological polar surface area (TPSA) is 9.23 Å². The van der Waals surface area contributed by atoms with Gasteiger partial charge in [-0.15, -0.1) is 0 Å². The van der Waals surface area contributed by atoms with Gasteiger partial charge in [0.2, 0.25) is 5.06 Å². The highest BCUT2D eigenvalue weighted by atomic mass is 79.9. The molecule has 0 fully saturated rings. The molecule has 18 heavy (non-hydrogen) atoms. The maximum atomic E-state index is 6.31. The highest BCUT2D eigenvalue weighted by Gasteiger charge is 2.11. The molecule has 0 amide bonds. The lowest BCUT2D eigenvalue weighted by Gasteiger charge is -2.03. The van der Waals surface area contributed by atoms with Gasteiger partial charge in [0.1, 0.15) is 10.8 Å². The number of benzene rings is 2. The number of halogens is 2. The van der Waals surface area contributed by atoms with E-state index >= 15 is 0 Å². The largest absolute Gasteiger partial charge is 0.445 e. The summed E-state index contributed by atoms with van der Waals surface area (Å²) in [6.07, 6.45) is 0. The predicted octanol–water partition coefficient (Wildman–Crippen LogP) is 6.11. The lowest BCUT2D eigenvalue weighted by Crippen LogP contribution is -1.80. The van der Waals surface area contributed by atoms with Crippen molar-refractivity contribution >= 4 is 49.0 Å². The lowest BCUT2D eigenvalue weighted by atomic mass is 10.3. The quantitative estimate of drug-likeness (QED) is 0.547. The van der Waals surface area contributed by atoms with Crippen LogP contribution >= 0.6 is 38.9 Å². The second-order valence-corrected chi connectivity index (χ2v) is 6.06. The van der Waals surface area contributed by atoms with Crippen LogP contribution in [0.3, 0.4) is 0 Å². The minimum Gasteiger partial charge on any atom is -0.445 e. The molecule has 3 aromatic rings. The van der Waals surface area contributed by atoms with Gasteiger partial charge in [0.15, 0.2) is 0 Å². The molecule has 0 unspecified atom stereocenters. The fourth-order valence-corrected chi connectivity index (χ4v) is 3.27. The average molecular weight is 340 g/mol. The minimum atomic E-state index is 0.679. The fourth-order valence-electron chi connectivity index (χ4n) is 1.67. The van der Waals surface area contributed by atoms with Crippen LogP contribution in [0, 0.1) is 0 Å². The Labute approximate surface area is 122 Å². The van der Waals surface area contributed by atoms with Crippen molar-refractivity contribution < 1.29 is 4.74 Å². The number of thiophene rings is 1. The summed E-state index contributed by atoms with van der Waals surface area (Å²) in [5.41, 5.74) is 0. The number of hydrogen-bond acceptors (Lipinski definition) is 2. The molecule has 1 nitrogen and oxygen atoms in total. The maximum absolute atomic E-state index is 6.31. The molecule has 90 valence electrons. The molecule has 0 aliphatic carbocycles. The Bertz CT molecular complexity index is 691. The molecule has 0 bridgehead atoms. The van der Waals surface area contributed by atoms with Crippen molar-refractivity contribution in [2.45, 2.75) is 0 Å². The summed E-state index contributed by atoms with van der Waals surface area (Å²) in [4.78, 5) is 0. The summed E-state index contributed by atoms with van der Waals surface area (Å²) >= 11 is 11.3. The van der Waals surface area contributed by atoms with Crippen LogP contribution in [0.5, 0.6) is 10.8 Å². The Hall–Kier alpha value is -1.03. The molecule has 1 aromatic heterocycles. The first-order valence-electron chi connectivity index (χ1n) is 5.34. The molecule has 0 aliphatic rings. The van der Waals surface area contributed by atoms with Crippen molar-refractivity contribution in [1.82, 2.24) is 0 Å². The maximum Gasteiger partial charge on any atom is 0.200 e. The first kappa shape index (κ1) is 12.0. The summed E-state index contributed by atoms with van der Waals surface area (Å²) in [5.74, 6) is 0.784. The third-order valence-electron chi connectivity index (χ3n) is 2.53. The Morgan fingerprint density at radius 3 is 2.44 bits per heavy atom. The molecule has 0 radical (unpaired) electrons. The molecular weight excluding hydrogens is 332 g/mol. The number of hydrogen-bond donors (Lipinski definition) is 0. The molecule has 0 atom stereocenters. The lowest BCUT2D eigenvalue weighted by molar-refractivity contribution is 0.497. The van der Waals surface area contributed by atoms with Gasteiger partial charge in [-0.2, -0.15) is 0 Å². The third kappa shape index (κ3) is 2.26. The van der Waals surface area contributed by atoms with E-state index in [0.717, 1.165) is 25.4 Å². The van der Waals surface area contributed by atoms with Crippen molar-refractivity contribution in [3.8, 4) is 10.8 Å². The normalized spacial score (nSPS) is 10.8. The van der Waals surface area contributed by atoms with Gasteiger partial charge in [0.25, 0.3) is 0 Å². The summed E-state index contributed by atoms with van der Waals surface area (Å²) in [5, 5.41) is 2.45. The molecule has 0 saturated carbocycles. The van der Waals surface area contributed by atoms with Gasteiger partial charge in [-0.25, -0.2) is 0 Å². The number of fused-ring (bicyclic) bond motifs is 1. The summed E-state index contributed by atoms with van der Waals surface area (Å²) in [6.45, 7) is 0. The van der Waals surface area contributed by atoms with E-state index in [1.807, 2.05) is 48.5 Å². The highest BCUT2D eigenvalue weighted by Crippen LogP contribution is 2.43. The van der Waals surface area contributed by atoms with Crippen LogP contribution in [0.25, 0.3) is 10.1 Å². The smallest absolute Gasteiger partial charge is 0.200 e. The Kier molecular flexibility index (Phi) is 3.29. The standard InChI is InChI=1S/C14H8BrClOS/c15-9-5-7-10(8-6-9)17-14-13(16)11-3-1-2-4-12(11)18-14/h1-8H. The van der Waals surface area contributed by atoms with Crippen LogP contribution in [0.2, 0.25) is 5.02 Å². The second kappa shape index (κ2) is 4.92. The predicted molar refractivity (Wildman–Crippen MR) is 81.1 cm³/mol. The molecule has 0 spiro atoms. The molecule has 0 N–H and O–H groups in total.